The molecule has 8 nitrogen and oxygen atoms in total. The summed E-state index contributed by atoms with van der Waals surface area (Å²) in [5.74, 6) is -1.40. The van der Waals surface area contributed by atoms with Crippen molar-refractivity contribution < 1.29 is 18.3 Å². The minimum Gasteiger partial charge on any atom is -0.365 e. The molecule has 0 bridgehead atoms. The number of benzene rings is 1. The Balaban J connectivity index is 1.91. The van der Waals surface area contributed by atoms with Gasteiger partial charge in [-0.2, -0.15) is 21.0 Å². The fourth-order valence-electron chi connectivity index (χ4n) is 2.94. The van der Waals surface area contributed by atoms with Crippen LogP contribution in [-0.4, -0.2) is 36.3 Å². The van der Waals surface area contributed by atoms with Crippen LogP contribution in [0.1, 0.15) is 22.8 Å². The van der Waals surface area contributed by atoms with E-state index in [1.807, 2.05) is 0 Å². The summed E-state index contributed by atoms with van der Waals surface area (Å²) in [6.45, 7) is 0. The summed E-state index contributed by atoms with van der Waals surface area (Å²) >= 11 is 0. The van der Waals surface area contributed by atoms with E-state index in [0.29, 0.717) is 12.1 Å². The van der Waals surface area contributed by atoms with Crippen molar-refractivity contribution >= 4 is 28.0 Å². The fraction of sp³-hybridized carbons (Fsp3) is 0.312. The van der Waals surface area contributed by atoms with Crippen molar-refractivity contribution in [3.8, 4) is 6.07 Å². The summed E-state index contributed by atoms with van der Waals surface area (Å²) in [4.78, 5) is 11.7. The summed E-state index contributed by atoms with van der Waals surface area (Å²) < 4.78 is 34.2. The van der Waals surface area contributed by atoms with E-state index in [-0.39, 0.29) is 22.9 Å². The highest BCUT2D eigenvalue weighted by Crippen LogP contribution is 2.49. The van der Waals surface area contributed by atoms with Gasteiger partial charge in [0.05, 0.1) is 23.8 Å². The van der Waals surface area contributed by atoms with Crippen LogP contribution in [0.4, 0.5) is 15.9 Å². The molecule has 3 rings (SSSR count). The predicted octanol–water partition coefficient (Wildman–Crippen LogP) is 2.70. The maximum absolute atomic E-state index is 13.0. The first-order chi connectivity index (χ1) is 12.3. The third-order valence-corrected chi connectivity index (χ3v) is 6.04. The first kappa shape index (κ1) is 18.2. The number of amides is 1. The molecule has 10 heteroatoms. The van der Waals surface area contributed by atoms with E-state index in [4.69, 9.17) is 5.73 Å². The number of nitrogens with zero attached hydrogens (tertiary/aromatic N) is 3. The van der Waals surface area contributed by atoms with Gasteiger partial charge in [0.2, 0.25) is 0 Å². The molecule has 138 valence electrons. The van der Waals surface area contributed by atoms with Crippen LogP contribution in [0, 0.1) is 23.1 Å². The molecule has 26 heavy (non-hydrogen) atoms. The Morgan fingerprint density at radius 2 is 2.12 bits per heavy atom. The maximum atomic E-state index is 13.0. The van der Waals surface area contributed by atoms with Gasteiger partial charge in [0.15, 0.2) is 5.82 Å². The number of nitriles is 1. The van der Waals surface area contributed by atoms with E-state index in [9.17, 15) is 23.6 Å². The zero-order valence-electron chi connectivity index (χ0n) is 13.7. The highest BCUT2D eigenvalue weighted by molar-refractivity contribution is 8.24. The van der Waals surface area contributed by atoms with Crippen molar-refractivity contribution in [3.05, 3.63) is 41.8 Å². The minimum atomic E-state index is -2.76. The molecule has 1 aromatic heterocycles. The van der Waals surface area contributed by atoms with E-state index >= 15 is 0 Å². The monoisotopic (exact) mass is 379 g/mol. The Labute approximate surface area is 150 Å². The molecule has 1 aliphatic rings. The van der Waals surface area contributed by atoms with E-state index in [2.05, 4.69) is 16.5 Å². The van der Waals surface area contributed by atoms with Crippen LogP contribution < -0.4 is 11.1 Å². The van der Waals surface area contributed by atoms with Gasteiger partial charge in [0, 0.05) is 17.6 Å². The summed E-state index contributed by atoms with van der Waals surface area (Å²) in [7, 11) is -2.76. The lowest BCUT2D eigenvalue weighted by molar-refractivity contribution is 0.100. The minimum absolute atomic E-state index is 0.0271. The van der Waals surface area contributed by atoms with E-state index in [0.717, 1.165) is 0 Å². The van der Waals surface area contributed by atoms with E-state index in [1.54, 1.807) is 0 Å². The standard InChI is InChI=1S/C16H18FN5O3S/c17-11-1-3-12(4-2-11)20-16-13(15(19)23)8-22(21-16)14-5-6-26(24,25)9-10(14)7-18/h1-4,8,10,14,24-25H,5-6,9H2,(H2,19,23)(H,20,21)/t10-,14+/m0/s1. The lowest BCUT2D eigenvalue weighted by Crippen LogP contribution is -2.31. The third kappa shape index (κ3) is 3.80. The van der Waals surface area contributed by atoms with Gasteiger partial charge in [-0.15, -0.1) is 0 Å². The summed E-state index contributed by atoms with van der Waals surface area (Å²) in [6.07, 6.45) is 1.79. The molecular formula is C16H18FN5O3S. The van der Waals surface area contributed by atoms with Gasteiger partial charge in [-0.05, 0) is 30.7 Å². The summed E-state index contributed by atoms with van der Waals surface area (Å²) in [5.41, 5.74) is 6.06. The number of halogens is 1. The number of carbonyl (C=O) groups excluding carboxylic acids is 1. The molecule has 2 atom stereocenters. The van der Waals surface area contributed by atoms with Crippen molar-refractivity contribution in [1.82, 2.24) is 9.78 Å². The second-order valence-corrected chi connectivity index (χ2v) is 8.48. The first-order valence-corrected chi connectivity index (χ1v) is 9.72. The normalized spacial score (nSPS) is 23.0. The Bertz CT molecular complexity index is 862. The quantitative estimate of drug-likeness (QED) is 0.644. The molecule has 0 radical (unpaired) electrons. The number of primary amides is 1. The number of hydrogen-bond donors (Lipinski definition) is 4. The molecular weight excluding hydrogens is 361 g/mol. The summed E-state index contributed by atoms with van der Waals surface area (Å²) in [5, 5.41) is 16.6. The van der Waals surface area contributed by atoms with Crippen LogP contribution in [0.15, 0.2) is 30.5 Å². The van der Waals surface area contributed by atoms with Crippen LogP contribution in [0.25, 0.3) is 0 Å². The van der Waals surface area contributed by atoms with Gasteiger partial charge >= 0.3 is 0 Å². The van der Waals surface area contributed by atoms with Crippen LogP contribution in [0.5, 0.6) is 0 Å². The maximum Gasteiger partial charge on any atom is 0.254 e. The molecule has 0 saturated carbocycles. The third-order valence-electron chi connectivity index (χ3n) is 4.26. The molecule has 2 heterocycles. The number of carbonyl (C=O) groups is 1. The van der Waals surface area contributed by atoms with E-state index in [1.165, 1.54) is 35.1 Å². The number of hydrogen-bond acceptors (Lipinski definition) is 6. The van der Waals surface area contributed by atoms with Crippen LogP contribution in [0.3, 0.4) is 0 Å². The van der Waals surface area contributed by atoms with Gasteiger partial charge in [-0.1, -0.05) is 0 Å². The summed E-state index contributed by atoms with van der Waals surface area (Å²) in [6, 6.07) is 7.20. The molecule has 1 aliphatic heterocycles. The molecule has 2 aromatic rings. The SMILES string of the molecule is N#C[C@H]1CS(O)(O)CC[C@H]1n1cc(C(N)=O)c(Nc2ccc(F)cc2)n1. The molecule has 1 aromatic carbocycles. The molecule has 1 fully saturated rings. The average Bonchev–Trinajstić information content (AvgIpc) is 3.00. The lowest BCUT2D eigenvalue weighted by atomic mass is 10.0. The topological polar surface area (TPSA) is 137 Å². The van der Waals surface area contributed by atoms with Crippen molar-refractivity contribution in [1.29, 1.82) is 5.26 Å². The van der Waals surface area contributed by atoms with Crippen LogP contribution in [-0.2, 0) is 0 Å². The molecule has 1 amide bonds. The molecule has 5 N–H and O–H groups in total. The van der Waals surface area contributed by atoms with Gasteiger partial charge in [-0.3, -0.25) is 18.6 Å². The van der Waals surface area contributed by atoms with Crippen molar-refractivity contribution in [3.63, 3.8) is 0 Å². The molecule has 0 unspecified atom stereocenters. The Morgan fingerprint density at radius 1 is 1.42 bits per heavy atom. The van der Waals surface area contributed by atoms with Crippen LogP contribution >= 0.6 is 10.6 Å². The predicted molar refractivity (Wildman–Crippen MR) is 95.8 cm³/mol. The lowest BCUT2D eigenvalue weighted by Gasteiger charge is -2.41. The zero-order valence-corrected chi connectivity index (χ0v) is 14.5. The molecule has 1 saturated heterocycles. The molecule has 0 spiro atoms. The van der Waals surface area contributed by atoms with E-state index < -0.39 is 34.3 Å². The second-order valence-electron chi connectivity index (χ2n) is 6.13. The first-order valence-electron chi connectivity index (χ1n) is 7.84. The van der Waals surface area contributed by atoms with Gasteiger partial charge in [0.1, 0.15) is 11.4 Å². The number of aromatic nitrogens is 2. The second kappa shape index (κ2) is 6.95. The number of nitrogens with two attached hydrogens (primary N) is 1. The van der Waals surface area contributed by atoms with Gasteiger partial charge < -0.3 is 11.1 Å². The molecule has 0 aliphatic carbocycles. The fourth-order valence-corrected chi connectivity index (χ4v) is 4.59. The smallest absolute Gasteiger partial charge is 0.254 e. The number of nitrogens with one attached hydrogen (secondary N) is 1. The van der Waals surface area contributed by atoms with Gasteiger partial charge in [0.25, 0.3) is 5.91 Å². The average molecular weight is 379 g/mol. The Hall–Kier alpha value is -2.61. The Kier molecular flexibility index (Phi) is 4.86. The highest BCUT2D eigenvalue weighted by Gasteiger charge is 2.35. The van der Waals surface area contributed by atoms with Crippen molar-refractivity contribution in [2.75, 3.05) is 16.8 Å². The number of rotatable bonds is 4. The van der Waals surface area contributed by atoms with Crippen molar-refractivity contribution in [2.24, 2.45) is 11.7 Å². The number of anilines is 2. The van der Waals surface area contributed by atoms with Gasteiger partial charge in [-0.25, -0.2) is 4.39 Å². The largest absolute Gasteiger partial charge is 0.365 e. The zero-order chi connectivity index (χ0) is 18.9. The highest BCUT2D eigenvalue weighted by atomic mass is 32.3. The Morgan fingerprint density at radius 3 is 2.73 bits per heavy atom. The van der Waals surface area contributed by atoms with Crippen molar-refractivity contribution in [2.45, 2.75) is 12.5 Å². The van der Waals surface area contributed by atoms with Crippen LogP contribution in [0.2, 0.25) is 0 Å².